The molecule has 0 bridgehead atoms. The van der Waals surface area contributed by atoms with Crippen LogP contribution in [0, 0.1) is 0 Å². The SMILES string of the molecule is CC(C)(C)c1cc(C(C)(C)C)c(P=[C-][Si](C)(C)C(C)(C)C)c(C(C)(C)C)c1.[Li+]. The molecule has 0 radical (unpaired) electrons. The topological polar surface area (TPSA) is 0 Å². The van der Waals surface area contributed by atoms with Crippen molar-refractivity contribution in [3.8, 4) is 0 Å². The molecule has 0 aliphatic rings. The Morgan fingerprint density at radius 3 is 1.29 bits per heavy atom. The molecule has 3 heteroatoms. The molecule has 0 saturated heterocycles. The van der Waals surface area contributed by atoms with Crippen molar-refractivity contribution in [2.45, 2.75) is 117 Å². The Morgan fingerprint density at radius 2 is 1.04 bits per heavy atom. The molecule has 0 N–H and O–H groups in total. The second-order valence-corrected chi connectivity index (χ2v) is 19.1. The van der Waals surface area contributed by atoms with Gasteiger partial charge in [0.25, 0.3) is 0 Å². The molecule has 0 fully saturated rings. The number of hydrogen-bond acceptors (Lipinski definition) is 0. The first kappa shape index (κ1) is 28.2. The van der Waals surface area contributed by atoms with Crippen molar-refractivity contribution >= 4 is 27.0 Å². The van der Waals surface area contributed by atoms with Crippen molar-refractivity contribution in [2.75, 3.05) is 0 Å². The quantitative estimate of drug-likeness (QED) is 0.370. The molecule has 0 amide bonds. The van der Waals surface area contributed by atoms with E-state index in [1.807, 2.05) is 0 Å². The van der Waals surface area contributed by atoms with Crippen molar-refractivity contribution in [3.05, 3.63) is 28.8 Å². The Kier molecular flexibility index (Phi) is 8.81. The fourth-order valence-electron chi connectivity index (χ4n) is 2.69. The van der Waals surface area contributed by atoms with Crippen LogP contribution in [0.3, 0.4) is 0 Å². The summed E-state index contributed by atoms with van der Waals surface area (Å²) in [6.45, 7) is 33.1. The van der Waals surface area contributed by atoms with Crippen molar-refractivity contribution in [2.24, 2.45) is 0 Å². The van der Waals surface area contributed by atoms with Gasteiger partial charge in [0.1, 0.15) is 0 Å². The molecule has 1 rings (SSSR count). The van der Waals surface area contributed by atoms with Gasteiger partial charge in [-0.3, -0.25) is 8.20 Å². The minimum Gasteiger partial charge on any atom is -0.463 e. The Morgan fingerprint density at radius 1 is 0.679 bits per heavy atom. The van der Waals surface area contributed by atoms with E-state index in [4.69, 9.17) is 0 Å². The zero-order valence-corrected chi connectivity index (χ0v) is 23.5. The van der Waals surface area contributed by atoms with Gasteiger partial charge in [0.05, 0.1) is 0 Å². The van der Waals surface area contributed by atoms with Crippen LogP contribution in [0.2, 0.25) is 18.1 Å². The van der Waals surface area contributed by atoms with E-state index in [1.165, 1.54) is 30.2 Å². The first-order valence-electron chi connectivity index (χ1n) is 10.4. The molecule has 0 nitrogen and oxygen atoms in total. The Balaban J connectivity index is 0.00000729. The van der Waals surface area contributed by atoms with E-state index >= 15 is 0 Å². The summed E-state index contributed by atoms with van der Waals surface area (Å²) in [6.07, 6.45) is 0. The summed E-state index contributed by atoms with van der Waals surface area (Å²) in [6, 6.07) is 4.95. The number of hydrogen-bond donors (Lipinski definition) is 0. The molecule has 0 aromatic heterocycles. The van der Waals surface area contributed by atoms with Gasteiger partial charge in [0, 0.05) is 0 Å². The summed E-state index contributed by atoms with van der Waals surface area (Å²) in [7, 11) is -0.285. The maximum Gasteiger partial charge on any atom is 1.00 e. The van der Waals surface area contributed by atoms with E-state index in [9.17, 15) is 0 Å². The third kappa shape index (κ3) is 6.88. The van der Waals surface area contributed by atoms with Gasteiger partial charge in [-0.05, 0) is 38.2 Å². The summed E-state index contributed by atoms with van der Waals surface area (Å²) >= 11 is 0. The maximum absolute atomic E-state index is 4.01. The molecule has 154 valence electrons. The third-order valence-electron chi connectivity index (χ3n) is 5.91. The van der Waals surface area contributed by atoms with Crippen LogP contribution in [0.1, 0.15) is 99.8 Å². The second-order valence-electron chi connectivity index (χ2n) is 12.8. The molecular formula is C25H44LiPSi. The summed E-state index contributed by atoms with van der Waals surface area (Å²) < 4.78 is 0. The van der Waals surface area contributed by atoms with Gasteiger partial charge in [-0.1, -0.05) is 121 Å². The molecule has 0 unspecified atom stereocenters. The van der Waals surface area contributed by atoms with Crippen LogP contribution in [-0.4, -0.2) is 13.5 Å². The van der Waals surface area contributed by atoms with Crippen molar-refractivity contribution < 1.29 is 18.9 Å². The van der Waals surface area contributed by atoms with Gasteiger partial charge in [0.2, 0.25) is 0 Å². The summed E-state index contributed by atoms with van der Waals surface area (Å²) in [5.74, 6) is 0. The van der Waals surface area contributed by atoms with Crippen LogP contribution < -0.4 is 24.2 Å². The standard InChI is InChI=1S/C25H44PSi.Li/c1-22(2,3)18-15-19(23(4,5)6)21(20(16-18)24(7,8)9)26-17-27(13,14)25(10,11)12;/h15-16H,1-14H3;/q-1;+1. The molecule has 1 aromatic carbocycles. The number of benzene rings is 1. The normalized spacial score (nSPS) is 14.4. The molecular weight excluding hydrogens is 366 g/mol. The minimum absolute atomic E-state index is 0. The van der Waals surface area contributed by atoms with E-state index in [1.54, 1.807) is 0 Å². The first-order valence-corrected chi connectivity index (χ1v) is 14.2. The van der Waals surface area contributed by atoms with E-state index in [0.717, 1.165) is 0 Å². The molecule has 0 atom stereocenters. The Bertz CT molecular complexity index is 667. The monoisotopic (exact) mass is 410 g/mol. The molecule has 0 saturated carbocycles. The van der Waals surface area contributed by atoms with Gasteiger partial charge in [-0.15, -0.1) is 0 Å². The third-order valence-corrected chi connectivity index (χ3v) is 13.1. The molecule has 0 spiro atoms. The van der Waals surface area contributed by atoms with Gasteiger partial charge in [-0.25, -0.2) is 0 Å². The van der Waals surface area contributed by atoms with Crippen LogP contribution in [0.5, 0.6) is 0 Å². The molecule has 0 aliphatic heterocycles. The van der Waals surface area contributed by atoms with Gasteiger partial charge < -0.3 is 5.42 Å². The first-order chi connectivity index (χ1) is 11.7. The van der Waals surface area contributed by atoms with Gasteiger partial charge >= 0.3 is 18.9 Å². The molecule has 1 aromatic rings. The van der Waals surface area contributed by atoms with Crippen LogP contribution >= 0.6 is 8.20 Å². The van der Waals surface area contributed by atoms with Crippen molar-refractivity contribution in [1.82, 2.24) is 0 Å². The van der Waals surface area contributed by atoms with E-state index in [0.29, 0.717) is 5.04 Å². The molecule has 0 heterocycles. The van der Waals surface area contributed by atoms with E-state index < -0.39 is 8.07 Å². The van der Waals surface area contributed by atoms with Crippen LogP contribution in [0.15, 0.2) is 12.1 Å². The predicted octanol–water partition coefficient (Wildman–Crippen LogP) is 4.88. The summed E-state index contributed by atoms with van der Waals surface area (Å²) in [5, 5.41) is 1.82. The second kappa shape index (κ2) is 8.75. The predicted molar refractivity (Wildman–Crippen MR) is 131 cm³/mol. The summed E-state index contributed by atoms with van der Waals surface area (Å²) in [4.78, 5) is 0. The summed E-state index contributed by atoms with van der Waals surface area (Å²) in [5.41, 5.74) is 8.85. The number of rotatable bonds is 2. The van der Waals surface area contributed by atoms with Gasteiger partial charge in [0.15, 0.2) is 0 Å². The smallest absolute Gasteiger partial charge is 0.463 e. The van der Waals surface area contributed by atoms with Gasteiger partial charge in [-0.2, -0.15) is 0 Å². The fraction of sp³-hybridized carbons (Fsp3) is 0.720. The van der Waals surface area contributed by atoms with Crippen molar-refractivity contribution in [3.63, 3.8) is 0 Å². The Hall–Kier alpha value is 0.204. The average Bonchev–Trinajstić information content (AvgIpc) is 2.39. The van der Waals surface area contributed by atoms with Crippen LogP contribution in [0.25, 0.3) is 0 Å². The fourth-order valence-corrected chi connectivity index (χ4v) is 6.64. The maximum atomic E-state index is 4.01. The van der Waals surface area contributed by atoms with Crippen LogP contribution in [-0.2, 0) is 16.2 Å². The van der Waals surface area contributed by atoms with E-state index in [2.05, 4.69) is 114 Å². The average molecular weight is 411 g/mol. The Labute approximate surface area is 191 Å². The van der Waals surface area contributed by atoms with E-state index in [-0.39, 0.29) is 35.1 Å². The minimum atomic E-state index is -1.56. The molecule has 28 heavy (non-hydrogen) atoms. The zero-order valence-electron chi connectivity index (χ0n) is 21.6. The molecule has 0 aliphatic carbocycles. The van der Waals surface area contributed by atoms with Crippen molar-refractivity contribution in [1.29, 1.82) is 0 Å². The zero-order chi connectivity index (χ0) is 21.6. The largest absolute Gasteiger partial charge is 1.00 e. The van der Waals surface area contributed by atoms with Crippen LogP contribution in [0.4, 0.5) is 0 Å².